The Morgan fingerprint density at radius 2 is 1.37 bits per heavy atom. The van der Waals surface area contributed by atoms with E-state index < -0.39 is 0 Å². The molecule has 0 radical (unpaired) electrons. The fourth-order valence-electron chi connectivity index (χ4n) is 5.68. The van der Waals surface area contributed by atoms with Crippen molar-refractivity contribution >= 4 is 37.9 Å². The second-order valence-corrected chi connectivity index (χ2v) is 10.1. The normalized spacial score (nSPS) is 19.7. The topological polar surface area (TPSA) is 0 Å². The van der Waals surface area contributed by atoms with Crippen molar-refractivity contribution in [3.63, 3.8) is 0 Å². The largest absolute Gasteiger partial charge is 0.0871 e. The molecule has 0 saturated heterocycles. The van der Waals surface area contributed by atoms with Crippen LogP contribution in [0.1, 0.15) is 32.8 Å². The van der Waals surface area contributed by atoms with Crippen LogP contribution >= 0.6 is 0 Å². The first-order valence-electron chi connectivity index (χ1n) is 13.5. The summed E-state index contributed by atoms with van der Waals surface area (Å²) in [5, 5.41) is 7.69. The minimum Gasteiger partial charge on any atom is -0.0871 e. The zero-order chi connectivity index (χ0) is 26.1. The predicted molar refractivity (Wildman–Crippen MR) is 167 cm³/mol. The first-order chi connectivity index (χ1) is 18.7. The summed E-state index contributed by atoms with van der Waals surface area (Å²) >= 11 is 0. The Labute approximate surface area is 225 Å². The molecule has 0 N–H and O–H groups in total. The van der Waals surface area contributed by atoms with Gasteiger partial charge in [0.05, 0.1) is 0 Å². The second kappa shape index (κ2) is 10.1. The summed E-state index contributed by atoms with van der Waals surface area (Å²) in [7, 11) is 0. The lowest BCUT2D eigenvalue weighted by molar-refractivity contribution is 1.18. The maximum absolute atomic E-state index is 2.36. The van der Waals surface area contributed by atoms with Crippen molar-refractivity contribution in [2.24, 2.45) is 0 Å². The highest BCUT2D eigenvalue weighted by Crippen LogP contribution is 2.37. The number of rotatable bonds is 3. The smallest absolute Gasteiger partial charge is 0.00988 e. The van der Waals surface area contributed by atoms with Crippen molar-refractivity contribution in [1.82, 2.24) is 0 Å². The maximum atomic E-state index is 2.36. The molecule has 0 saturated carbocycles. The van der Waals surface area contributed by atoms with Gasteiger partial charge in [0, 0.05) is 0 Å². The van der Waals surface area contributed by atoms with Gasteiger partial charge in [-0.25, -0.2) is 0 Å². The van der Waals surface area contributed by atoms with Gasteiger partial charge >= 0.3 is 0 Å². The number of benzene rings is 5. The Bertz CT molecular complexity index is 1850. The number of hydrogen-bond acceptors (Lipinski definition) is 0. The van der Waals surface area contributed by atoms with Gasteiger partial charge in [-0.3, -0.25) is 0 Å². The van der Waals surface area contributed by atoms with E-state index in [-0.39, 0.29) is 0 Å². The van der Waals surface area contributed by atoms with Gasteiger partial charge in [-0.1, -0.05) is 109 Å². The van der Waals surface area contributed by atoms with Crippen molar-refractivity contribution in [1.29, 1.82) is 0 Å². The lowest BCUT2D eigenvalue weighted by Gasteiger charge is -2.16. The molecule has 0 fully saturated rings. The monoisotopic (exact) mass is 488 g/mol. The zero-order valence-corrected chi connectivity index (χ0v) is 22.3. The third kappa shape index (κ3) is 4.33. The number of hydrogen-bond donors (Lipinski definition) is 0. The maximum Gasteiger partial charge on any atom is -0.00988 e. The van der Waals surface area contributed by atoms with Crippen molar-refractivity contribution in [2.75, 3.05) is 0 Å². The van der Waals surface area contributed by atoms with Crippen molar-refractivity contribution in [2.45, 2.75) is 27.2 Å². The standard InChI is InChI=1S/C38H32/c1-4-11-29-24-37(27(5-2)14-10-12-26(29)3)31-20-18-28-19-21-32(23-33(28)22-31)38-25-30-13-6-7-15-34(30)35-16-8-9-17-36(35)38/h4-11,13-25H,12H2,1-3H3/b11-4-,14-10-,27-5+,29-26-,37-24+. The molecule has 1 aliphatic rings. The summed E-state index contributed by atoms with van der Waals surface area (Å²) in [4.78, 5) is 0. The summed E-state index contributed by atoms with van der Waals surface area (Å²) in [6.07, 6.45) is 14.5. The number of allylic oxidation sites excluding steroid dienone is 10. The van der Waals surface area contributed by atoms with Crippen molar-refractivity contribution < 1.29 is 0 Å². The molecule has 5 aromatic rings. The molecule has 0 amide bonds. The van der Waals surface area contributed by atoms with Crippen LogP contribution in [-0.4, -0.2) is 0 Å². The van der Waals surface area contributed by atoms with E-state index in [0.717, 1.165) is 6.42 Å². The van der Waals surface area contributed by atoms with Crippen LogP contribution in [0.3, 0.4) is 0 Å². The molecular formula is C38H32. The van der Waals surface area contributed by atoms with E-state index in [9.17, 15) is 0 Å². The highest BCUT2D eigenvalue weighted by atomic mass is 14.2. The lowest BCUT2D eigenvalue weighted by atomic mass is 9.89. The van der Waals surface area contributed by atoms with Crippen molar-refractivity contribution in [3.05, 3.63) is 150 Å². The Morgan fingerprint density at radius 1 is 0.658 bits per heavy atom. The van der Waals surface area contributed by atoms with Gasteiger partial charge in [-0.2, -0.15) is 0 Å². The highest BCUT2D eigenvalue weighted by Gasteiger charge is 2.12. The van der Waals surface area contributed by atoms with Gasteiger partial charge in [0.1, 0.15) is 0 Å². The summed E-state index contributed by atoms with van der Waals surface area (Å²) in [5.41, 5.74) is 8.98. The third-order valence-electron chi connectivity index (χ3n) is 7.71. The SMILES string of the molecule is C\C=C/C1=C(\C)C\C=C/C(=C\C)C(/c2ccc3ccc(-c4cc5ccccc5c5ccccc45)cc3c2)=C\1. The van der Waals surface area contributed by atoms with E-state index in [1.165, 1.54) is 71.3 Å². The third-order valence-corrected chi connectivity index (χ3v) is 7.71. The Kier molecular flexibility index (Phi) is 6.40. The molecule has 0 unspecified atom stereocenters. The van der Waals surface area contributed by atoms with Gasteiger partial charge in [-0.15, -0.1) is 0 Å². The molecule has 6 rings (SSSR count). The van der Waals surface area contributed by atoms with E-state index >= 15 is 0 Å². The summed E-state index contributed by atoms with van der Waals surface area (Å²) in [5.74, 6) is 0. The molecule has 0 nitrogen and oxygen atoms in total. The van der Waals surface area contributed by atoms with E-state index in [1.54, 1.807) is 0 Å². The molecule has 0 atom stereocenters. The first-order valence-corrected chi connectivity index (χ1v) is 13.5. The fraction of sp³-hybridized carbons (Fsp3) is 0.105. The highest BCUT2D eigenvalue weighted by molar-refractivity contribution is 6.14. The molecule has 0 aliphatic heterocycles. The van der Waals surface area contributed by atoms with E-state index in [1.807, 2.05) is 0 Å². The molecule has 0 spiro atoms. The molecule has 5 aromatic carbocycles. The van der Waals surface area contributed by atoms with Crippen LogP contribution in [-0.2, 0) is 0 Å². The molecule has 0 bridgehead atoms. The van der Waals surface area contributed by atoms with Crippen LogP contribution in [0.2, 0.25) is 0 Å². The molecule has 1 aliphatic carbocycles. The van der Waals surface area contributed by atoms with E-state index in [2.05, 4.69) is 148 Å². The van der Waals surface area contributed by atoms with Gasteiger partial charge < -0.3 is 0 Å². The average Bonchev–Trinajstić information content (AvgIpc) is 2.96. The van der Waals surface area contributed by atoms with Crippen LogP contribution in [0.15, 0.2) is 144 Å². The fourth-order valence-corrected chi connectivity index (χ4v) is 5.68. The molecular weight excluding hydrogens is 456 g/mol. The van der Waals surface area contributed by atoms with Gasteiger partial charge in [0.15, 0.2) is 0 Å². The van der Waals surface area contributed by atoms with Crippen LogP contribution in [0, 0.1) is 0 Å². The summed E-state index contributed by atoms with van der Waals surface area (Å²) < 4.78 is 0. The van der Waals surface area contributed by atoms with Crippen molar-refractivity contribution in [3.8, 4) is 11.1 Å². The summed E-state index contributed by atoms with van der Waals surface area (Å²) in [6.45, 7) is 6.45. The first kappa shape index (κ1) is 23.9. The predicted octanol–water partition coefficient (Wildman–Crippen LogP) is 11.0. The average molecular weight is 489 g/mol. The molecule has 0 aromatic heterocycles. The van der Waals surface area contributed by atoms with Crippen LogP contribution in [0.25, 0.3) is 49.0 Å². The minimum absolute atomic E-state index is 0.974. The van der Waals surface area contributed by atoms with Gasteiger partial charge in [0.2, 0.25) is 0 Å². The van der Waals surface area contributed by atoms with Gasteiger partial charge in [0.25, 0.3) is 0 Å². The minimum atomic E-state index is 0.974. The quantitative estimate of drug-likeness (QED) is 0.222. The molecule has 0 heteroatoms. The van der Waals surface area contributed by atoms with E-state index in [4.69, 9.17) is 0 Å². The van der Waals surface area contributed by atoms with E-state index in [0.29, 0.717) is 0 Å². The lowest BCUT2D eigenvalue weighted by Crippen LogP contribution is -1.94. The van der Waals surface area contributed by atoms with Crippen LogP contribution in [0.4, 0.5) is 0 Å². The Hall–Kier alpha value is -4.42. The second-order valence-electron chi connectivity index (χ2n) is 10.1. The number of fused-ring (bicyclic) bond motifs is 4. The zero-order valence-electron chi connectivity index (χ0n) is 22.3. The Balaban J connectivity index is 1.54. The van der Waals surface area contributed by atoms with Gasteiger partial charge in [-0.05, 0) is 117 Å². The summed E-state index contributed by atoms with van der Waals surface area (Å²) in [6, 6.07) is 33.6. The van der Waals surface area contributed by atoms with Crippen LogP contribution in [0.5, 0.6) is 0 Å². The molecule has 184 valence electrons. The van der Waals surface area contributed by atoms with Crippen LogP contribution < -0.4 is 0 Å². The molecule has 38 heavy (non-hydrogen) atoms. The molecule has 0 heterocycles. The Morgan fingerprint density at radius 3 is 2.16 bits per heavy atom.